The van der Waals surface area contributed by atoms with Crippen LogP contribution in [0.4, 0.5) is 13.2 Å². The first-order valence-corrected chi connectivity index (χ1v) is 9.66. The van der Waals surface area contributed by atoms with Crippen LogP contribution in [-0.4, -0.2) is 36.7 Å². The van der Waals surface area contributed by atoms with E-state index in [-0.39, 0.29) is 18.7 Å². The Hall–Kier alpha value is -2.72. The number of rotatable bonds is 4. The molecule has 6 nitrogen and oxygen atoms in total. The van der Waals surface area contributed by atoms with Crippen molar-refractivity contribution >= 4 is 21.5 Å². The molecule has 0 unspecified atom stereocenters. The summed E-state index contributed by atoms with van der Waals surface area (Å²) in [5.74, 6) is -0.603. The van der Waals surface area contributed by atoms with E-state index in [1.807, 2.05) is 0 Å². The molecule has 1 aromatic heterocycles. The molecule has 0 bridgehead atoms. The average molecular weight is 411 g/mol. The number of aromatic nitrogens is 1. The Morgan fingerprint density at radius 3 is 2.54 bits per heavy atom. The Bertz CT molecular complexity index is 1050. The summed E-state index contributed by atoms with van der Waals surface area (Å²) in [5.41, 5.74) is 5.75. The van der Waals surface area contributed by atoms with Crippen LogP contribution >= 0.6 is 0 Å². The largest absolute Gasteiger partial charge is 0.416 e. The van der Waals surface area contributed by atoms with Crippen molar-refractivity contribution < 1.29 is 26.4 Å². The number of carbonyl (C=O) groups is 1. The molecule has 0 saturated heterocycles. The molecule has 2 heterocycles. The fourth-order valence-corrected chi connectivity index (χ4v) is 4.27. The van der Waals surface area contributed by atoms with E-state index >= 15 is 0 Å². The molecule has 148 valence electrons. The van der Waals surface area contributed by atoms with Crippen molar-refractivity contribution in [3.05, 3.63) is 65.5 Å². The van der Waals surface area contributed by atoms with Crippen molar-refractivity contribution in [3.8, 4) is 0 Å². The number of nitrogens with two attached hydrogens (primary N) is 1. The van der Waals surface area contributed by atoms with Gasteiger partial charge in [-0.15, -0.1) is 0 Å². The van der Waals surface area contributed by atoms with Gasteiger partial charge in [-0.25, -0.2) is 8.42 Å². The monoisotopic (exact) mass is 411 g/mol. The lowest BCUT2D eigenvalue weighted by Crippen LogP contribution is -2.34. The van der Waals surface area contributed by atoms with Gasteiger partial charge in [0.05, 0.1) is 16.2 Å². The molecule has 0 atom stereocenters. The molecular weight excluding hydrogens is 395 g/mol. The molecule has 1 aliphatic rings. The minimum absolute atomic E-state index is 0.0175. The minimum atomic E-state index is -4.63. The lowest BCUT2D eigenvalue weighted by atomic mass is 10.0. The zero-order valence-corrected chi connectivity index (χ0v) is 15.3. The second-order valence-electron chi connectivity index (χ2n) is 6.16. The molecular formula is C18H16F3N3O3S. The normalized spacial score (nSPS) is 15.9. The Balaban J connectivity index is 1.84. The lowest BCUT2D eigenvalue weighted by Gasteiger charge is -2.26. The van der Waals surface area contributed by atoms with Crippen molar-refractivity contribution in [3.63, 3.8) is 0 Å². The number of hydrogen-bond donors (Lipinski definition) is 1. The Labute approximate surface area is 159 Å². The van der Waals surface area contributed by atoms with Crippen molar-refractivity contribution in [1.29, 1.82) is 0 Å². The molecule has 0 fully saturated rings. The van der Waals surface area contributed by atoms with Gasteiger partial charge in [-0.2, -0.15) is 17.5 Å². The molecule has 1 amide bonds. The fraction of sp³-hybridized carbons (Fsp3) is 0.222. The fourth-order valence-electron chi connectivity index (χ4n) is 2.84. The van der Waals surface area contributed by atoms with Crippen molar-refractivity contribution in [2.24, 2.45) is 5.73 Å². The summed E-state index contributed by atoms with van der Waals surface area (Å²) in [6, 6.07) is 6.66. The van der Waals surface area contributed by atoms with Crippen LogP contribution in [-0.2, 0) is 16.2 Å². The summed E-state index contributed by atoms with van der Waals surface area (Å²) in [7, 11) is -4.08. The number of primary amides is 1. The summed E-state index contributed by atoms with van der Waals surface area (Å²) in [4.78, 5) is 15.0. The van der Waals surface area contributed by atoms with Crippen LogP contribution in [0.25, 0.3) is 5.57 Å². The number of sulfonamides is 1. The van der Waals surface area contributed by atoms with Gasteiger partial charge >= 0.3 is 6.18 Å². The van der Waals surface area contributed by atoms with Gasteiger partial charge < -0.3 is 5.73 Å². The predicted octanol–water partition coefficient (Wildman–Crippen LogP) is 2.68. The van der Waals surface area contributed by atoms with Crippen LogP contribution in [0.1, 0.15) is 28.0 Å². The zero-order chi connectivity index (χ0) is 20.5. The van der Waals surface area contributed by atoms with Crippen LogP contribution in [0.15, 0.2) is 53.6 Å². The molecule has 2 N–H and O–H groups in total. The van der Waals surface area contributed by atoms with E-state index < -0.39 is 32.6 Å². The smallest absolute Gasteiger partial charge is 0.366 e. The van der Waals surface area contributed by atoms with Gasteiger partial charge in [0.15, 0.2) is 0 Å². The van der Waals surface area contributed by atoms with Crippen LogP contribution < -0.4 is 5.73 Å². The summed E-state index contributed by atoms with van der Waals surface area (Å²) in [6.07, 6.45) is -1.27. The highest BCUT2D eigenvalue weighted by Gasteiger charge is 2.33. The zero-order valence-electron chi connectivity index (χ0n) is 14.5. The number of amides is 1. The maximum absolute atomic E-state index is 12.9. The van der Waals surface area contributed by atoms with Gasteiger partial charge in [0.2, 0.25) is 15.9 Å². The van der Waals surface area contributed by atoms with Crippen LogP contribution in [0.2, 0.25) is 0 Å². The topological polar surface area (TPSA) is 93.4 Å². The third-order valence-corrected chi connectivity index (χ3v) is 6.21. The highest BCUT2D eigenvalue weighted by Crippen LogP contribution is 2.32. The molecule has 0 radical (unpaired) electrons. The molecule has 28 heavy (non-hydrogen) atoms. The first-order chi connectivity index (χ1) is 13.1. The van der Waals surface area contributed by atoms with Crippen LogP contribution in [0, 0.1) is 0 Å². The molecule has 0 spiro atoms. The van der Waals surface area contributed by atoms with Gasteiger partial charge in [-0.05, 0) is 42.3 Å². The number of carbonyl (C=O) groups excluding carboxylic acids is 1. The van der Waals surface area contributed by atoms with Crippen LogP contribution in [0.3, 0.4) is 0 Å². The molecule has 0 aliphatic carbocycles. The third kappa shape index (κ3) is 4.07. The van der Waals surface area contributed by atoms with Crippen molar-refractivity contribution in [1.82, 2.24) is 9.29 Å². The predicted molar refractivity (Wildman–Crippen MR) is 95.6 cm³/mol. The van der Waals surface area contributed by atoms with E-state index in [4.69, 9.17) is 5.73 Å². The SMILES string of the molecule is NC(=O)c1ccnc(C2=CCN(S(=O)(=O)c3cccc(C(F)(F)F)c3)CC2)c1. The summed E-state index contributed by atoms with van der Waals surface area (Å²) in [6.45, 7) is 0.0588. The van der Waals surface area contributed by atoms with Crippen LogP contribution in [0.5, 0.6) is 0 Å². The highest BCUT2D eigenvalue weighted by molar-refractivity contribution is 7.89. The number of benzene rings is 1. The number of nitrogens with zero attached hydrogens (tertiary/aromatic N) is 2. The molecule has 1 aromatic carbocycles. The van der Waals surface area contributed by atoms with E-state index in [0.717, 1.165) is 28.1 Å². The van der Waals surface area contributed by atoms with Crippen molar-refractivity contribution in [2.45, 2.75) is 17.5 Å². The molecule has 3 rings (SSSR count). The van der Waals surface area contributed by atoms with E-state index in [1.165, 1.54) is 18.3 Å². The standard InChI is InChI=1S/C18H16F3N3O3S/c19-18(20,21)14-2-1-3-15(11-14)28(26,27)24-8-5-12(6-9-24)16-10-13(17(22)25)4-7-23-16/h1-5,7,10-11H,6,8-9H2,(H2,22,25). The second kappa shape index (κ2) is 7.36. The van der Waals surface area contributed by atoms with E-state index in [0.29, 0.717) is 18.2 Å². The van der Waals surface area contributed by atoms with Gasteiger partial charge in [0.25, 0.3) is 0 Å². The molecule has 2 aromatic rings. The minimum Gasteiger partial charge on any atom is -0.366 e. The number of alkyl halides is 3. The van der Waals surface area contributed by atoms with E-state index in [2.05, 4.69) is 4.98 Å². The van der Waals surface area contributed by atoms with E-state index in [1.54, 1.807) is 6.08 Å². The number of pyridine rings is 1. The summed E-state index contributed by atoms with van der Waals surface area (Å²) in [5, 5.41) is 0. The third-order valence-electron chi connectivity index (χ3n) is 4.34. The Kier molecular flexibility index (Phi) is 5.26. The average Bonchev–Trinajstić information content (AvgIpc) is 2.67. The molecule has 10 heteroatoms. The summed E-state index contributed by atoms with van der Waals surface area (Å²) < 4.78 is 65.1. The van der Waals surface area contributed by atoms with Gasteiger partial charge in [0, 0.05) is 24.8 Å². The van der Waals surface area contributed by atoms with Gasteiger partial charge in [0.1, 0.15) is 0 Å². The maximum atomic E-state index is 12.9. The lowest BCUT2D eigenvalue weighted by molar-refractivity contribution is -0.137. The van der Waals surface area contributed by atoms with Gasteiger partial charge in [-0.3, -0.25) is 9.78 Å². The van der Waals surface area contributed by atoms with Gasteiger partial charge in [-0.1, -0.05) is 12.1 Å². The highest BCUT2D eigenvalue weighted by atomic mass is 32.2. The second-order valence-corrected chi connectivity index (χ2v) is 8.10. The van der Waals surface area contributed by atoms with Crippen molar-refractivity contribution in [2.75, 3.05) is 13.1 Å². The number of hydrogen-bond acceptors (Lipinski definition) is 4. The van der Waals surface area contributed by atoms with E-state index in [9.17, 15) is 26.4 Å². The number of halogens is 3. The first-order valence-electron chi connectivity index (χ1n) is 8.22. The molecule has 0 saturated carbocycles. The summed E-state index contributed by atoms with van der Waals surface area (Å²) >= 11 is 0. The quantitative estimate of drug-likeness (QED) is 0.837. The Morgan fingerprint density at radius 2 is 1.93 bits per heavy atom. The maximum Gasteiger partial charge on any atom is 0.416 e. The molecule has 1 aliphatic heterocycles. The Morgan fingerprint density at radius 1 is 1.18 bits per heavy atom. The first kappa shape index (κ1) is 20.0.